The molecule has 0 aliphatic carbocycles. The van der Waals surface area contributed by atoms with E-state index < -0.39 is 0 Å². The van der Waals surface area contributed by atoms with Crippen LogP contribution in [0.2, 0.25) is 0 Å². The monoisotopic (exact) mass is 321 g/mol. The summed E-state index contributed by atoms with van der Waals surface area (Å²) in [5, 5.41) is 5.66. The van der Waals surface area contributed by atoms with E-state index in [2.05, 4.69) is 10.6 Å². The first kappa shape index (κ1) is 15.6. The van der Waals surface area contributed by atoms with Gasteiger partial charge in [0.25, 0.3) is 0 Å². The molecule has 124 valence electrons. The number of carbonyl (C=O) groups is 2. The molecule has 0 unspecified atom stereocenters. The van der Waals surface area contributed by atoms with Crippen LogP contribution in [0, 0.1) is 5.82 Å². The lowest BCUT2D eigenvalue weighted by Crippen LogP contribution is -2.50. The van der Waals surface area contributed by atoms with Crippen molar-refractivity contribution in [2.75, 3.05) is 26.2 Å². The summed E-state index contributed by atoms with van der Waals surface area (Å²) in [5.74, 6) is -0.103. The van der Waals surface area contributed by atoms with Crippen LogP contribution < -0.4 is 15.4 Å². The number of fused-ring (bicyclic) bond motifs is 1. The highest BCUT2D eigenvalue weighted by Crippen LogP contribution is 2.32. The highest BCUT2D eigenvalue weighted by molar-refractivity contribution is 5.84. The Bertz CT molecular complexity index is 608. The summed E-state index contributed by atoms with van der Waals surface area (Å²) < 4.78 is 18.9. The first-order valence-corrected chi connectivity index (χ1v) is 7.88. The zero-order valence-corrected chi connectivity index (χ0v) is 12.8. The summed E-state index contributed by atoms with van der Waals surface area (Å²) >= 11 is 0. The molecule has 1 saturated heterocycles. The second-order valence-electron chi connectivity index (χ2n) is 5.80. The minimum atomic E-state index is -0.360. The maximum absolute atomic E-state index is 13.4. The Kier molecular flexibility index (Phi) is 4.64. The molecule has 0 saturated carbocycles. The lowest BCUT2D eigenvalue weighted by molar-refractivity contribution is -0.122. The second-order valence-corrected chi connectivity index (χ2v) is 5.80. The first-order chi connectivity index (χ1) is 11.1. The Hall–Kier alpha value is -2.31. The Balaban J connectivity index is 1.67. The average Bonchev–Trinajstić information content (AvgIpc) is 2.71. The van der Waals surface area contributed by atoms with Gasteiger partial charge in [0.15, 0.2) is 0 Å². The topological polar surface area (TPSA) is 70.7 Å². The number of amides is 3. The zero-order valence-electron chi connectivity index (χ0n) is 12.8. The number of hydrogen-bond acceptors (Lipinski definition) is 3. The molecule has 0 radical (unpaired) electrons. The van der Waals surface area contributed by atoms with Crippen molar-refractivity contribution in [3.05, 3.63) is 29.6 Å². The molecule has 2 heterocycles. The van der Waals surface area contributed by atoms with E-state index in [4.69, 9.17) is 4.74 Å². The van der Waals surface area contributed by atoms with Gasteiger partial charge in [-0.25, -0.2) is 9.18 Å². The lowest BCUT2D eigenvalue weighted by atomic mass is 10.0. The number of urea groups is 1. The van der Waals surface area contributed by atoms with Crippen LogP contribution in [0.3, 0.4) is 0 Å². The smallest absolute Gasteiger partial charge is 0.317 e. The van der Waals surface area contributed by atoms with Crippen molar-refractivity contribution in [3.8, 4) is 5.75 Å². The number of carbonyl (C=O) groups excluding carboxylic acids is 2. The van der Waals surface area contributed by atoms with E-state index in [-0.39, 0.29) is 30.3 Å². The molecule has 1 aromatic carbocycles. The van der Waals surface area contributed by atoms with Gasteiger partial charge in [-0.3, -0.25) is 4.79 Å². The third-order valence-electron chi connectivity index (χ3n) is 4.08. The van der Waals surface area contributed by atoms with Gasteiger partial charge in [0.2, 0.25) is 5.91 Å². The van der Waals surface area contributed by atoms with Crippen LogP contribution in [0.25, 0.3) is 0 Å². The quantitative estimate of drug-likeness (QED) is 0.888. The fourth-order valence-electron chi connectivity index (χ4n) is 2.94. The number of benzene rings is 1. The van der Waals surface area contributed by atoms with Crippen LogP contribution in [-0.4, -0.2) is 43.1 Å². The molecule has 3 amide bonds. The average molecular weight is 321 g/mol. The second kappa shape index (κ2) is 6.85. The van der Waals surface area contributed by atoms with E-state index >= 15 is 0 Å². The van der Waals surface area contributed by atoms with Gasteiger partial charge in [-0.15, -0.1) is 0 Å². The maximum atomic E-state index is 13.4. The van der Waals surface area contributed by atoms with E-state index in [1.807, 2.05) is 0 Å². The van der Waals surface area contributed by atoms with Crippen LogP contribution in [0.4, 0.5) is 9.18 Å². The van der Waals surface area contributed by atoms with E-state index in [1.165, 1.54) is 17.0 Å². The molecule has 0 aromatic heterocycles. The molecule has 6 nitrogen and oxygen atoms in total. The number of hydrogen-bond donors (Lipinski definition) is 2. The predicted molar refractivity (Wildman–Crippen MR) is 81.6 cm³/mol. The number of nitrogens with zero attached hydrogens (tertiary/aromatic N) is 1. The lowest BCUT2D eigenvalue weighted by Gasteiger charge is -2.27. The van der Waals surface area contributed by atoms with Gasteiger partial charge in [-0.2, -0.15) is 0 Å². The van der Waals surface area contributed by atoms with E-state index in [0.29, 0.717) is 25.4 Å². The zero-order chi connectivity index (χ0) is 16.2. The van der Waals surface area contributed by atoms with Crippen molar-refractivity contribution < 1.29 is 18.7 Å². The van der Waals surface area contributed by atoms with E-state index in [0.717, 1.165) is 24.8 Å². The number of halogens is 1. The fraction of sp³-hybridized carbons (Fsp3) is 0.500. The van der Waals surface area contributed by atoms with Crippen molar-refractivity contribution >= 4 is 11.9 Å². The largest absolute Gasteiger partial charge is 0.493 e. The van der Waals surface area contributed by atoms with Gasteiger partial charge in [-0.1, -0.05) is 6.07 Å². The highest BCUT2D eigenvalue weighted by atomic mass is 19.1. The van der Waals surface area contributed by atoms with Gasteiger partial charge in [0, 0.05) is 24.7 Å². The van der Waals surface area contributed by atoms with Crippen molar-refractivity contribution in [3.63, 3.8) is 0 Å². The molecule has 2 aliphatic rings. The molecule has 0 bridgehead atoms. The number of nitrogens with one attached hydrogen (secondary N) is 2. The van der Waals surface area contributed by atoms with Crippen molar-refractivity contribution in [2.24, 2.45) is 0 Å². The molecule has 23 heavy (non-hydrogen) atoms. The number of ether oxygens (including phenoxy) is 1. The van der Waals surface area contributed by atoms with E-state index in [9.17, 15) is 14.0 Å². The molecule has 1 fully saturated rings. The Morgan fingerprint density at radius 3 is 3.13 bits per heavy atom. The summed E-state index contributed by atoms with van der Waals surface area (Å²) in [7, 11) is 0. The molecule has 1 aromatic rings. The summed E-state index contributed by atoms with van der Waals surface area (Å²) in [6.07, 6.45) is 2.32. The Labute approximate surface area is 134 Å². The van der Waals surface area contributed by atoms with Gasteiger partial charge < -0.3 is 20.3 Å². The summed E-state index contributed by atoms with van der Waals surface area (Å²) in [6.45, 7) is 1.75. The maximum Gasteiger partial charge on any atom is 0.317 e. The summed E-state index contributed by atoms with van der Waals surface area (Å²) in [5.41, 5.74) is 0.778. The fourth-order valence-corrected chi connectivity index (χ4v) is 2.94. The van der Waals surface area contributed by atoms with Gasteiger partial charge >= 0.3 is 6.03 Å². The summed E-state index contributed by atoms with van der Waals surface area (Å²) in [6, 6.07) is 3.92. The van der Waals surface area contributed by atoms with Crippen LogP contribution in [0.15, 0.2) is 18.2 Å². The van der Waals surface area contributed by atoms with E-state index in [1.54, 1.807) is 6.07 Å². The van der Waals surface area contributed by atoms with Crippen molar-refractivity contribution in [1.29, 1.82) is 0 Å². The SMILES string of the molecule is O=C(CN1CCCNC1=O)N[C@H]1CCCOc2cc(F)ccc21. The minimum Gasteiger partial charge on any atom is -0.493 e. The molecule has 7 heteroatoms. The molecule has 1 atom stereocenters. The highest BCUT2D eigenvalue weighted by Gasteiger charge is 2.25. The molecule has 0 spiro atoms. The molecule has 2 aliphatic heterocycles. The van der Waals surface area contributed by atoms with Gasteiger partial charge in [-0.05, 0) is 25.3 Å². The Morgan fingerprint density at radius 1 is 1.43 bits per heavy atom. The minimum absolute atomic E-state index is 0.0275. The molecular formula is C16H20FN3O3. The predicted octanol–water partition coefficient (Wildman–Crippen LogP) is 1.57. The van der Waals surface area contributed by atoms with Gasteiger partial charge in [0.05, 0.1) is 12.6 Å². The Morgan fingerprint density at radius 2 is 2.30 bits per heavy atom. The third-order valence-corrected chi connectivity index (χ3v) is 4.08. The van der Waals surface area contributed by atoms with Crippen LogP contribution in [0.1, 0.15) is 30.9 Å². The third kappa shape index (κ3) is 3.72. The van der Waals surface area contributed by atoms with Crippen molar-refractivity contribution in [1.82, 2.24) is 15.5 Å². The van der Waals surface area contributed by atoms with Crippen molar-refractivity contribution in [2.45, 2.75) is 25.3 Å². The molecule has 3 rings (SSSR count). The van der Waals surface area contributed by atoms with Gasteiger partial charge in [0.1, 0.15) is 18.1 Å². The normalized spacial score (nSPS) is 20.8. The van der Waals surface area contributed by atoms with Crippen LogP contribution in [-0.2, 0) is 4.79 Å². The first-order valence-electron chi connectivity index (χ1n) is 7.88. The van der Waals surface area contributed by atoms with Crippen LogP contribution >= 0.6 is 0 Å². The standard InChI is InChI=1S/C16H20FN3O3/c17-11-4-5-12-13(3-1-8-23-14(12)9-11)19-15(21)10-20-7-2-6-18-16(20)22/h4-5,9,13H,1-3,6-8,10H2,(H,18,22)(H,19,21)/t13-/m0/s1. The summed E-state index contributed by atoms with van der Waals surface area (Å²) in [4.78, 5) is 25.4. The van der Waals surface area contributed by atoms with Crippen LogP contribution in [0.5, 0.6) is 5.75 Å². The molecular weight excluding hydrogens is 301 g/mol. The number of rotatable bonds is 3. The molecule has 2 N–H and O–H groups in total.